The molecule has 25 heavy (non-hydrogen) atoms. The van der Waals surface area contributed by atoms with Gasteiger partial charge in [-0.15, -0.1) is 0 Å². The highest BCUT2D eigenvalue weighted by atomic mass is 16.5. The minimum absolute atomic E-state index is 0.0408. The van der Waals surface area contributed by atoms with Crippen LogP contribution in [0, 0.1) is 11.3 Å². The van der Waals surface area contributed by atoms with E-state index < -0.39 is 0 Å². The lowest BCUT2D eigenvalue weighted by atomic mass is 10.1. The molecule has 0 aromatic heterocycles. The molecule has 0 aliphatic rings. The quantitative estimate of drug-likeness (QED) is 0.657. The SMILES string of the molecule is COc1ccc(CN(CCC#N)CC(=O)c2ccccc2)cc1OC. The summed E-state index contributed by atoms with van der Waals surface area (Å²) in [5, 5.41) is 8.88. The Morgan fingerprint density at radius 1 is 1.08 bits per heavy atom. The summed E-state index contributed by atoms with van der Waals surface area (Å²) in [5.41, 5.74) is 1.67. The average Bonchev–Trinajstić information content (AvgIpc) is 2.66. The molecule has 5 heteroatoms. The number of nitriles is 1. The number of hydrogen-bond donors (Lipinski definition) is 0. The van der Waals surface area contributed by atoms with Gasteiger partial charge in [0.05, 0.1) is 26.8 Å². The largest absolute Gasteiger partial charge is 0.493 e. The molecule has 2 aromatic carbocycles. The lowest BCUT2D eigenvalue weighted by Crippen LogP contribution is -2.30. The summed E-state index contributed by atoms with van der Waals surface area (Å²) in [6.45, 7) is 1.35. The molecule has 0 aliphatic heterocycles. The monoisotopic (exact) mass is 338 g/mol. The second-order valence-corrected chi connectivity index (χ2v) is 5.60. The van der Waals surface area contributed by atoms with Crippen LogP contribution in [0.4, 0.5) is 0 Å². The molecule has 0 saturated heterocycles. The minimum Gasteiger partial charge on any atom is -0.493 e. The van der Waals surface area contributed by atoms with Gasteiger partial charge in [0.2, 0.25) is 0 Å². The van der Waals surface area contributed by atoms with Gasteiger partial charge in [0.1, 0.15) is 0 Å². The number of ketones is 1. The molecule has 5 nitrogen and oxygen atoms in total. The molecule has 0 heterocycles. The number of carbonyl (C=O) groups is 1. The first-order chi connectivity index (χ1) is 12.2. The van der Waals surface area contributed by atoms with Crippen molar-refractivity contribution in [2.45, 2.75) is 13.0 Å². The van der Waals surface area contributed by atoms with Crippen LogP contribution < -0.4 is 9.47 Å². The Kier molecular flexibility index (Phi) is 7.00. The smallest absolute Gasteiger partial charge is 0.176 e. The summed E-state index contributed by atoms with van der Waals surface area (Å²) < 4.78 is 10.6. The maximum absolute atomic E-state index is 12.5. The summed E-state index contributed by atoms with van der Waals surface area (Å²) in [6.07, 6.45) is 0.370. The molecule has 2 aromatic rings. The standard InChI is InChI=1S/C20H22N2O3/c1-24-19-10-9-16(13-20(19)25-2)14-22(12-6-11-21)15-18(23)17-7-4-3-5-8-17/h3-5,7-10,13H,6,12,14-15H2,1-2H3. The normalized spacial score (nSPS) is 10.3. The Labute approximate surface area is 148 Å². The lowest BCUT2D eigenvalue weighted by Gasteiger charge is -2.21. The number of nitrogens with zero attached hydrogens (tertiary/aromatic N) is 2. The Morgan fingerprint density at radius 3 is 2.44 bits per heavy atom. The summed E-state index contributed by atoms with van der Waals surface area (Å²) in [4.78, 5) is 14.4. The molecule has 0 bridgehead atoms. The fourth-order valence-electron chi connectivity index (χ4n) is 2.58. The molecule has 0 spiro atoms. The van der Waals surface area contributed by atoms with E-state index >= 15 is 0 Å². The topological polar surface area (TPSA) is 62.6 Å². The Hall–Kier alpha value is -2.84. The van der Waals surface area contributed by atoms with Crippen LogP contribution in [-0.4, -0.2) is 38.0 Å². The molecule has 2 rings (SSSR count). The van der Waals surface area contributed by atoms with Gasteiger partial charge in [-0.1, -0.05) is 36.4 Å². The zero-order valence-corrected chi connectivity index (χ0v) is 14.6. The van der Waals surface area contributed by atoms with Crippen LogP contribution in [0.1, 0.15) is 22.3 Å². The first-order valence-corrected chi connectivity index (χ1v) is 8.06. The number of benzene rings is 2. The third-order valence-corrected chi connectivity index (χ3v) is 3.86. The van der Waals surface area contributed by atoms with Gasteiger partial charge in [0.25, 0.3) is 0 Å². The van der Waals surface area contributed by atoms with Gasteiger partial charge in [-0.2, -0.15) is 5.26 Å². The molecule has 0 amide bonds. The van der Waals surface area contributed by atoms with Gasteiger partial charge in [-0.25, -0.2) is 0 Å². The summed E-state index contributed by atoms with van der Waals surface area (Å²) in [6, 6.07) is 17.0. The van der Waals surface area contributed by atoms with Crippen LogP contribution >= 0.6 is 0 Å². The van der Waals surface area contributed by atoms with Gasteiger partial charge in [-0.3, -0.25) is 9.69 Å². The Balaban J connectivity index is 2.12. The molecular formula is C20H22N2O3. The van der Waals surface area contributed by atoms with Crippen molar-refractivity contribution >= 4 is 5.78 Å². The van der Waals surface area contributed by atoms with E-state index in [1.807, 2.05) is 41.3 Å². The molecular weight excluding hydrogens is 316 g/mol. The maximum Gasteiger partial charge on any atom is 0.176 e. The van der Waals surface area contributed by atoms with Crippen LogP contribution in [0.25, 0.3) is 0 Å². The fraction of sp³-hybridized carbons (Fsp3) is 0.300. The molecule has 0 unspecified atom stereocenters. The summed E-state index contributed by atoms with van der Waals surface area (Å²) >= 11 is 0. The number of methoxy groups -OCH3 is 2. The average molecular weight is 338 g/mol. The van der Waals surface area contributed by atoms with Crippen molar-refractivity contribution in [2.75, 3.05) is 27.3 Å². The minimum atomic E-state index is 0.0408. The molecule has 0 N–H and O–H groups in total. The predicted octanol–water partition coefficient (Wildman–Crippen LogP) is 3.30. The van der Waals surface area contributed by atoms with E-state index in [9.17, 15) is 4.79 Å². The zero-order valence-electron chi connectivity index (χ0n) is 14.6. The van der Waals surface area contributed by atoms with Crippen molar-refractivity contribution < 1.29 is 14.3 Å². The van der Waals surface area contributed by atoms with Gasteiger partial charge in [0.15, 0.2) is 17.3 Å². The van der Waals surface area contributed by atoms with Crippen molar-refractivity contribution in [3.63, 3.8) is 0 Å². The van der Waals surface area contributed by atoms with Gasteiger partial charge in [0, 0.05) is 25.1 Å². The van der Waals surface area contributed by atoms with Gasteiger partial charge >= 0.3 is 0 Å². The molecule has 0 atom stereocenters. The third-order valence-electron chi connectivity index (χ3n) is 3.86. The highest BCUT2D eigenvalue weighted by Crippen LogP contribution is 2.28. The van der Waals surface area contributed by atoms with E-state index in [2.05, 4.69) is 6.07 Å². The number of rotatable bonds is 9. The summed E-state index contributed by atoms with van der Waals surface area (Å²) in [5.74, 6) is 1.35. The van der Waals surface area contributed by atoms with Gasteiger partial charge < -0.3 is 9.47 Å². The Morgan fingerprint density at radius 2 is 1.80 bits per heavy atom. The number of hydrogen-bond acceptors (Lipinski definition) is 5. The fourth-order valence-corrected chi connectivity index (χ4v) is 2.58. The van der Waals surface area contributed by atoms with E-state index in [0.717, 1.165) is 5.56 Å². The van der Waals surface area contributed by atoms with Crippen molar-refractivity contribution in [3.05, 3.63) is 59.7 Å². The second-order valence-electron chi connectivity index (χ2n) is 5.60. The highest BCUT2D eigenvalue weighted by Gasteiger charge is 2.14. The number of carbonyl (C=O) groups excluding carboxylic acids is 1. The Bertz CT molecular complexity index is 738. The van der Waals surface area contributed by atoms with Crippen LogP contribution in [-0.2, 0) is 6.54 Å². The van der Waals surface area contributed by atoms with E-state index in [-0.39, 0.29) is 12.3 Å². The molecule has 0 radical (unpaired) electrons. The van der Waals surface area contributed by atoms with Crippen LogP contribution in [0.2, 0.25) is 0 Å². The first kappa shape index (κ1) is 18.5. The zero-order chi connectivity index (χ0) is 18.1. The van der Waals surface area contributed by atoms with Gasteiger partial charge in [-0.05, 0) is 17.7 Å². The van der Waals surface area contributed by atoms with Crippen LogP contribution in [0.5, 0.6) is 11.5 Å². The molecule has 0 fully saturated rings. The van der Waals surface area contributed by atoms with E-state index in [1.54, 1.807) is 26.4 Å². The van der Waals surface area contributed by atoms with E-state index in [4.69, 9.17) is 14.7 Å². The highest BCUT2D eigenvalue weighted by molar-refractivity contribution is 5.97. The first-order valence-electron chi connectivity index (χ1n) is 8.06. The summed E-state index contributed by atoms with van der Waals surface area (Å²) in [7, 11) is 3.18. The van der Waals surface area contributed by atoms with Crippen molar-refractivity contribution in [1.29, 1.82) is 5.26 Å². The number of ether oxygens (including phenoxy) is 2. The molecule has 130 valence electrons. The van der Waals surface area contributed by atoms with Crippen molar-refractivity contribution in [2.24, 2.45) is 0 Å². The number of Topliss-reactive ketones (excluding diaryl/α,β-unsaturated/α-hetero) is 1. The molecule has 0 saturated carbocycles. The third kappa shape index (κ3) is 5.33. The van der Waals surface area contributed by atoms with E-state index in [1.165, 1.54) is 0 Å². The van der Waals surface area contributed by atoms with Crippen molar-refractivity contribution in [1.82, 2.24) is 4.90 Å². The van der Waals surface area contributed by atoms with Crippen molar-refractivity contribution in [3.8, 4) is 17.6 Å². The second kappa shape index (κ2) is 9.45. The maximum atomic E-state index is 12.5. The van der Waals surface area contributed by atoms with E-state index in [0.29, 0.717) is 36.6 Å². The molecule has 0 aliphatic carbocycles. The van der Waals surface area contributed by atoms with Crippen LogP contribution in [0.15, 0.2) is 48.5 Å². The van der Waals surface area contributed by atoms with Crippen LogP contribution in [0.3, 0.4) is 0 Å². The lowest BCUT2D eigenvalue weighted by molar-refractivity contribution is 0.0927. The predicted molar refractivity (Wildman–Crippen MR) is 95.8 cm³/mol.